The first kappa shape index (κ1) is 72.5. The first-order chi connectivity index (χ1) is 41.9. The lowest BCUT2D eigenvalue weighted by Gasteiger charge is -2.17. The number of nitrogens with zero attached hydrogens (tertiary/aromatic N) is 5. The number of nitrogens with one attached hydrogen (secondary N) is 2. The van der Waals surface area contributed by atoms with Gasteiger partial charge >= 0.3 is 0 Å². The fraction of sp³-hybridized carbons (Fsp3) is 0.239. The number of aryl methyl sites for hydroxylation is 2. The fourth-order valence-corrected chi connectivity index (χ4v) is 8.58. The summed E-state index contributed by atoms with van der Waals surface area (Å²) in [4.78, 5) is 7.79. The van der Waals surface area contributed by atoms with Gasteiger partial charge in [-0.3, -0.25) is 9.13 Å². The maximum atomic E-state index is 9.70. The Morgan fingerprint density at radius 3 is 1.45 bits per heavy atom. The highest BCUT2D eigenvalue weighted by atomic mass is 32.2. The molecule has 9 rings (SSSR count). The maximum Gasteiger partial charge on any atom is 0.190 e. The van der Waals surface area contributed by atoms with Crippen molar-refractivity contribution in [1.82, 2.24) is 29.7 Å². The lowest BCUT2D eigenvalue weighted by molar-refractivity contribution is 0.410. The number of thiocyanates is 1. The third-order valence-electron chi connectivity index (χ3n) is 12.3. The summed E-state index contributed by atoms with van der Waals surface area (Å²) in [6.07, 6.45) is 13.3. The summed E-state index contributed by atoms with van der Waals surface area (Å²) in [5, 5.41) is 64.4. The Balaban J connectivity index is 0.000000272. The van der Waals surface area contributed by atoms with Crippen LogP contribution in [0.3, 0.4) is 0 Å². The largest absolute Gasteiger partial charge is 0.508 e. The van der Waals surface area contributed by atoms with Gasteiger partial charge in [-0.05, 0) is 190 Å². The van der Waals surface area contributed by atoms with Gasteiger partial charge in [0.15, 0.2) is 10.2 Å². The highest BCUT2D eigenvalue weighted by molar-refractivity contribution is 8.03. The van der Waals surface area contributed by atoms with Crippen LogP contribution in [-0.2, 0) is 25.7 Å². The molecule has 0 spiro atoms. The second kappa shape index (κ2) is 42.1. The number of phenolic OH excluding ortho intramolecular Hbond substituents is 5. The van der Waals surface area contributed by atoms with E-state index in [-0.39, 0.29) is 29.6 Å². The zero-order chi connectivity index (χ0) is 63.8. The standard InChI is InChI=1S/C17H20N2O2S.C9H9NOS.C9H13NO.C9H13N.2C8H11NO.C7H6N4S/c1-12(14-6-4-7-15(20)11-14)19-17(22)18-10-9-13-5-2-3-8-16(13)21;10-7-12-6-5-8-3-1-2-4-9(8)11;1-11-9-5-3-2-4-8(9)6-7-10;1-7-4-3-5-9(6-7)8(2)10;1-6(9)7-3-2-4-8(10)5-7;9-6-5-7-3-1-2-4-8(7)10;12-7(10-3-1-8-5-10)11-4-2-9-6-11/h2-8,11-12,20-21H,9-10H2,1H3,(H2,18,19,22);1-4,11H,5-6H2;2-5H,6-7,10H2,1H3;3-6,8H,10H2,1-2H3;2-6,10H,9H2,1H3;1-4,10H,5-6,9H2;1-6H/t12-;;;8-;6-;;/m1..11../s1. The first-order valence-corrected chi connectivity index (χ1v) is 29.7. The number of nitriles is 1. The third kappa shape index (κ3) is 29.2. The number of hydrogen-bond acceptors (Lipinski definition) is 16. The summed E-state index contributed by atoms with van der Waals surface area (Å²) in [7, 11) is 1.68. The Morgan fingerprint density at radius 1 is 0.586 bits per heavy atom. The lowest BCUT2D eigenvalue weighted by Crippen LogP contribution is -2.37. The number of methoxy groups -OCH3 is 1. The van der Waals surface area contributed by atoms with E-state index in [2.05, 4.69) is 45.7 Å². The Bertz CT molecular complexity index is 3310. The van der Waals surface area contributed by atoms with Crippen LogP contribution >= 0.6 is 36.2 Å². The molecule has 0 amide bonds. The van der Waals surface area contributed by atoms with Crippen LogP contribution in [0.5, 0.6) is 34.5 Å². The van der Waals surface area contributed by atoms with E-state index in [9.17, 15) is 20.4 Å². The molecule has 460 valence electrons. The predicted octanol–water partition coefficient (Wildman–Crippen LogP) is 11.3. The molecule has 2 aromatic heterocycles. The molecule has 2 heterocycles. The average molecular weight is 1230 g/mol. The first-order valence-electron chi connectivity index (χ1n) is 27.9. The van der Waals surface area contributed by atoms with Gasteiger partial charge in [-0.15, -0.1) is 0 Å². The molecule has 0 saturated heterocycles. The van der Waals surface area contributed by atoms with Gasteiger partial charge in [-0.1, -0.05) is 127 Å². The van der Waals surface area contributed by atoms with Crippen molar-refractivity contribution in [2.75, 3.05) is 32.5 Å². The number of rotatable bonds is 15. The highest BCUT2D eigenvalue weighted by Crippen LogP contribution is 2.21. The molecule has 9 aromatic rings. The number of aromatic hydroxyl groups is 5. The van der Waals surface area contributed by atoms with Crippen LogP contribution < -0.4 is 38.3 Å². The van der Waals surface area contributed by atoms with Crippen LogP contribution in [0.15, 0.2) is 207 Å². The molecule has 20 heteroatoms. The summed E-state index contributed by atoms with van der Waals surface area (Å²) >= 11 is 11.6. The SMILES string of the molecule is COc1ccccc1CCN.C[C@@H](N)c1cccc(O)c1.C[C@@H](NC(=S)NCCc1ccccc1O)c1cccc(O)c1.Cc1cccc([C@@H](C)N)c1.N#CSCCc1ccccc1O.NCCc1ccccc1O.S=C(n1ccnc1)n1ccnc1. The number of thiocarbonyl (C=S) groups is 2. The molecule has 15 N–H and O–H groups in total. The zero-order valence-electron chi connectivity index (χ0n) is 49.9. The van der Waals surface area contributed by atoms with Crippen molar-refractivity contribution in [3.05, 3.63) is 252 Å². The number of benzene rings is 7. The van der Waals surface area contributed by atoms with Crippen molar-refractivity contribution >= 4 is 46.4 Å². The maximum absolute atomic E-state index is 9.70. The fourth-order valence-electron chi connectivity index (χ4n) is 7.67. The lowest BCUT2D eigenvalue weighted by atomic mass is 10.1. The van der Waals surface area contributed by atoms with Gasteiger partial charge in [0.1, 0.15) is 52.6 Å². The second-order valence-electron chi connectivity index (χ2n) is 19.2. The summed E-state index contributed by atoms with van der Waals surface area (Å²) in [5.41, 5.74) is 30.3. The van der Waals surface area contributed by atoms with Crippen molar-refractivity contribution in [2.45, 2.75) is 71.5 Å². The number of aromatic nitrogens is 4. The normalized spacial score (nSPS) is 10.9. The van der Waals surface area contributed by atoms with Gasteiger partial charge in [0.05, 0.1) is 13.2 Å². The van der Waals surface area contributed by atoms with E-state index in [1.165, 1.54) is 28.5 Å². The quantitative estimate of drug-likeness (QED) is 0.0258. The topological polar surface area (TPSA) is 298 Å². The average Bonchev–Trinajstić information content (AvgIpc) is 4.36. The number of hydrogen-bond donors (Lipinski definition) is 11. The van der Waals surface area contributed by atoms with Gasteiger partial charge in [0, 0.05) is 49.2 Å². The van der Waals surface area contributed by atoms with Gasteiger partial charge in [-0.25, -0.2) is 9.97 Å². The van der Waals surface area contributed by atoms with E-state index in [0.717, 1.165) is 58.6 Å². The van der Waals surface area contributed by atoms with E-state index >= 15 is 0 Å². The van der Waals surface area contributed by atoms with E-state index in [0.29, 0.717) is 53.5 Å². The minimum atomic E-state index is -0.00731. The summed E-state index contributed by atoms with van der Waals surface area (Å²) < 4.78 is 8.64. The van der Waals surface area contributed by atoms with Crippen molar-refractivity contribution in [3.8, 4) is 39.9 Å². The molecule has 0 unspecified atom stereocenters. The van der Waals surface area contributed by atoms with Crippen molar-refractivity contribution in [1.29, 1.82) is 5.26 Å². The molecule has 0 radical (unpaired) electrons. The third-order valence-corrected chi connectivity index (χ3v) is 13.6. The minimum Gasteiger partial charge on any atom is -0.508 e. The molecular weight excluding hydrogens is 1150 g/mol. The van der Waals surface area contributed by atoms with E-state index in [1.54, 1.807) is 126 Å². The molecule has 0 aliphatic heterocycles. The zero-order valence-corrected chi connectivity index (χ0v) is 52.4. The Hall–Kier alpha value is -8.78. The Morgan fingerprint density at radius 2 is 1.02 bits per heavy atom. The highest BCUT2D eigenvalue weighted by Gasteiger charge is 2.09. The van der Waals surface area contributed by atoms with Crippen LogP contribution in [-0.4, -0.2) is 87.4 Å². The van der Waals surface area contributed by atoms with E-state index < -0.39 is 0 Å². The van der Waals surface area contributed by atoms with Gasteiger partial charge in [0.2, 0.25) is 0 Å². The molecule has 3 atom stereocenters. The molecule has 0 saturated carbocycles. The van der Waals surface area contributed by atoms with E-state index in [4.69, 9.17) is 62.5 Å². The Labute approximate surface area is 527 Å². The number of imidazole rings is 2. The second-order valence-corrected chi connectivity index (χ2v) is 20.9. The number of phenols is 5. The van der Waals surface area contributed by atoms with Crippen LogP contribution in [0.1, 0.15) is 83.4 Å². The molecule has 87 heavy (non-hydrogen) atoms. The van der Waals surface area contributed by atoms with Crippen molar-refractivity contribution in [2.24, 2.45) is 22.9 Å². The minimum absolute atomic E-state index is 0.00257. The van der Waals surface area contributed by atoms with Crippen LogP contribution in [0.2, 0.25) is 0 Å². The van der Waals surface area contributed by atoms with Crippen molar-refractivity contribution in [3.63, 3.8) is 0 Å². The molecule has 0 bridgehead atoms. The molecule has 17 nitrogen and oxygen atoms in total. The smallest absolute Gasteiger partial charge is 0.190 e. The monoisotopic (exact) mass is 1230 g/mol. The molecule has 7 aromatic carbocycles. The summed E-state index contributed by atoms with van der Waals surface area (Å²) in [6, 6.07) is 52.1. The van der Waals surface area contributed by atoms with Crippen LogP contribution in [0.25, 0.3) is 0 Å². The summed E-state index contributed by atoms with van der Waals surface area (Å²) in [5.74, 6) is 3.13. The predicted molar refractivity (Wildman–Crippen MR) is 361 cm³/mol. The van der Waals surface area contributed by atoms with Gasteiger partial charge in [-0.2, -0.15) is 5.26 Å². The van der Waals surface area contributed by atoms with Gasteiger partial charge in [0.25, 0.3) is 0 Å². The number of thioether (sulfide) groups is 1. The van der Waals surface area contributed by atoms with Crippen molar-refractivity contribution < 1.29 is 30.3 Å². The van der Waals surface area contributed by atoms with Crippen LogP contribution in [0.4, 0.5) is 0 Å². The van der Waals surface area contributed by atoms with E-state index in [1.807, 2.05) is 105 Å². The number of nitrogens with two attached hydrogens (primary N) is 4. The number of ether oxygens (including phenoxy) is 1. The van der Waals surface area contributed by atoms with Gasteiger partial charge < -0.3 is 63.8 Å². The Kier molecular flexibility index (Phi) is 35.1. The molecule has 0 aliphatic rings. The van der Waals surface area contributed by atoms with Crippen LogP contribution in [0, 0.1) is 17.6 Å². The summed E-state index contributed by atoms with van der Waals surface area (Å²) in [6.45, 7) is 9.81. The molecular formula is C67H83N11O6S3. The molecule has 0 fully saturated rings. The molecule has 0 aliphatic carbocycles. The number of para-hydroxylation sites is 4.